The molecule has 0 spiro atoms. The van der Waals surface area contributed by atoms with Crippen LogP contribution in [0.5, 0.6) is 0 Å². The molecule has 2 unspecified atom stereocenters. The van der Waals surface area contributed by atoms with Gasteiger partial charge >= 0.3 is 0 Å². The minimum absolute atomic E-state index is 0.0791. The number of hydrogen-bond donors (Lipinski definition) is 4. The number of nitrogens with one attached hydrogen (secondary N) is 1. The average molecular weight is 191 g/mol. The molecule has 0 aliphatic rings. The fourth-order valence-electron chi connectivity index (χ4n) is 0.752. The molecule has 0 heterocycles. The van der Waals surface area contributed by atoms with Crippen molar-refractivity contribution < 1.29 is 20.1 Å². The smallest absolute Gasteiger partial charge is 0.251 e. The molecular formula is C8H17NO4. The Balaban J connectivity index is 4.09. The minimum atomic E-state index is -1.45. The monoisotopic (exact) mass is 191 g/mol. The largest absolute Gasteiger partial charge is 0.395 e. The normalized spacial score (nSPS) is 17.6. The maximum Gasteiger partial charge on any atom is 0.251 e. The van der Waals surface area contributed by atoms with Crippen molar-refractivity contribution >= 4 is 5.91 Å². The van der Waals surface area contributed by atoms with Gasteiger partial charge in [0.05, 0.1) is 12.2 Å². The van der Waals surface area contributed by atoms with Gasteiger partial charge in [-0.15, -0.1) is 0 Å². The van der Waals surface area contributed by atoms with Crippen LogP contribution in [0.1, 0.15) is 20.3 Å². The summed E-state index contributed by atoms with van der Waals surface area (Å²) in [6.45, 7) is 2.95. The first-order chi connectivity index (χ1) is 5.95. The van der Waals surface area contributed by atoms with Gasteiger partial charge in [-0.25, -0.2) is 0 Å². The van der Waals surface area contributed by atoms with Gasteiger partial charge in [-0.3, -0.25) is 4.79 Å². The topological polar surface area (TPSA) is 89.8 Å². The van der Waals surface area contributed by atoms with Crippen LogP contribution < -0.4 is 5.32 Å². The van der Waals surface area contributed by atoms with Gasteiger partial charge in [-0.2, -0.15) is 0 Å². The number of hydrogen-bond acceptors (Lipinski definition) is 4. The standard InChI is InChI=1S/C8H17NO4/c1-3-8(2,13)6(11)7(12)9-4-5-10/h6,10-11,13H,3-5H2,1-2H3,(H,9,12). The highest BCUT2D eigenvalue weighted by molar-refractivity contribution is 5.81. The molecule has 0 saturated carbocycles. The molecule has 0 saturated heterocycles. The van der Waals surface area contributed by atoms with E-state index in [4.69, 9.17) is 5.11 Å². The molecule has 0 aliphatic carbocycles. The maximum absolute atomic E-state index is 11.1. The predicted molar refractivity (Wildman–Crippen MR) is 47.0 cm³/mol. The first-order valence-electron chi connectivity index (χ1n) is 4.24. The van der Waals surface area contributed by atoms with Gasteiger partial charge in [0.1, 0.15) is 0 Å². The van der Waals surface area contributed by atoms with E-state index in [1.54, 1.807) is 6.92 Å². The molecule has 0 fully saturated rings. The predicted octanol–water partition coefficient (Wildman–Crippen LogP) is -1.38. The quantitative estimate of drug-likeness (QED) is 0.431. The van der Waals surface area contributed by atoms with Crippen LogP contribution in [-0.2, 0) is 4.79 Å². The summed E-state index contributed by atoms with van der Waals surface area (Å²) in [7, 11) is 0. The highest BCUT2D eigenvalue weighted by atomic mass is 16.3. The molecule has 5 heteroatoms. The third kappa shape index (κ3) is 3.71. The SMILES string of the molecule is CCC(C)(O)C(O)C(=O)NCCO. The molecule has 4 N–H and O–H groups in total. The molecule has 1 amide bonds. The summed E-state index contributed by atoms with van der Waals surface area (Å²) in [4.78, 5) is 11.1. The van der Waals surface area contributed by atoms with Gasteiger partial charge in [0.15, 0.2) is 6.10 Å². The van der Waals surface area contributed by atoms with Crippen molar-refractivity contribution in [2.75, 3.05) is 13.2 Å². The molecule has 0 aromatic carbocycles. The van der Waals surface area contributed by atoms with Crippen LogP contribution >= 0.6 is 0 Å². The zero-order valence-electron chi connectivity index (χ0n) is 7.95. The Morgan fingerprint density at radius 1 is 1.62 bits per heavy atom. The van der Waals surface area contributed by atoms with Crippen molar-refractivity contribution in [3.8, 4) is 0 Å². The van der Waals surface area contributed by atoms with Crippen LogP contribution in [0.4, 0.5) is 0 Å². The third-order valence-electron chi connectivity index (χ3n) is 1.96. The van der Waals surface area contributed by atoms with E-state index in [1.165, 1.54) is 6.92 Å². The van der Waals surface area contributed by atoms with Crippen LogP contribution in [0.25, 0.3) is 0 Å². The lowest BCUT2D eigenvalue weighted by molar-refractivity contribution is -0.144. The van der Waals surface area contributed by atoms with Crippen molar-refractivity contribution in [3.63, 3.8) is 0 Å². The van der Waals surface area contributed by atoms with Crippen molar-refractivity contribution in [2.45, 2.75) is 32.0 Å². The van der Waals surface area contributed by atoms with E-state index in [0.717, 1.165) is 0 Å². The van der Waals surface area contributed by atoms with Gasteiger partial charge in [0.25, 0.3) is 5.91 Å². The van der Waals surface area contributed by atoms with Crippen molar-refractivity contribution in [1.29, 1.82) is 0 Å². The Morgan fingerprint density at radius 3 is 2.54 bits per heavy atom. The van der Waals surface area contributed by atoms with Crippen LogP contribution in [0.3, 0.4) is 0 Å². The molecule has 0 aliphatic heterocycles. The summed E-state index contributed by atoms with van der Waals surface area (Å²) < 4.78 is 0. The van der Waals surface area contributed by atoms with Crippen LogP contribution in [-0.4, -0.2) is 46.1 Å². The van der Waals surface area contributed by atoms with E-state index in [2.05, 4.69) is 5.32 Å². The molecule has 0 aromatic rings. The van der Waals surface area contributed by atoms with Crippen molar-refractivity contribution in [3.05, 3.63) is 0 Å². The Hall–Kier alpha value is -0.650. The Morgan fingerprint density at radius 2 is 2.15 bits per heavy atom. The second-order valence-corrected chi connectivity index (χ2v) is 3.13. The third-order valence-corrected chi connectivity index (χ3v) is 1.96. The van der Waals surface area contributed by atoms with E-state index in [-0.39, 0.29) is 19.6 Å². The van der Waals surface area contributed by atoms with Gasteiger partial charge in [0, 0.05) is 6.54 Å². The fourth-order valence-corrected chi connectivity index (χ4v) is 0.752. The van der Waals surface area contributed by atoms with E-state index in [1.807, 2.05) is 0 Å². The number of carbonyl (C=O) groups excluding carboxylic acids is 1. The molecule has 0 aromatic heterocycles. The minimum Gasteiger partial charge on any atom is -0.395 e. The lowest BCUT2D eigenvalue weighted by Crippen LogP contribution is -2.49. The summed E-state index contributed by atoms with van der Waals surface area (Å²) in [6, 6.07) is 0. The molecule has 0 radical (unpaired) electrons. The molecule has 13 heavy (non-hydrogen) atoms. The first kappa shape index (κ1) is 12.3. The van der Waals surface area contributed by atoms with E-state index >= 15 is 0 Å². The van der Waals surface area contributed by atoms with Gasteiger partial charge in [-0.05, 0) is 13.3 Å². The summed E-state index contributed by atoms with van der Waals surface area (Å²) in [5, 5.41) is 29.5. The highest BCUT2D eigenvalue weighted by Crippen LogP contribution is 2.13. The summed E-state index contributed by atoms with van der Waals surface area (Å²) in [5.41, 5.74) is -1.42. The van der Waals surface area contributed by atoms with E-state index in [0.29, 0.717) is 0 Å². The second-order valence-electron chi connectivity index (χ2n) is 3.13. The lowest BCUT2D eigenvalue weighted by Gasteiger charge is -2.26. The molecule has 2 atom stereocenters. The van der Waals surface area contributed by atoms with Gasteiger partial charge in [-0.1, -0.05) is 6.92 Å². The molecule has 0 bridgehead atoms. The Bertz CT molecular complexity index is 170. The molecular weight excluding hydrogens is 174 g/mol. The van der Waals surface area contributed by atoms with E-state index in [9.17, 15) is 15.0 Å². The van der Waals surface area contributed by atoms with Gasteiger partial charge < -0.3 is 20.6 Å². The first-order valence-corrected chi connectivity index (χ1v) is 4.24. The van der Waals surface area contributed by atoms with Crippen LogP contribution in [0.2, 0.25) is 0 Å². The summed E-state index contributed by atoms with van der Waals surface area (Å²) in [5.74, 6) is -0.666. The lowest BCUT2D eigenvalue weighted by atomic mass is 9.95. The second kappa shape index (κ2) is 5.16. The fraction of sp³-hybridized carbons (Fsp3) is 0.875. The summed E-state index contributed by atoms with van der Waals surface area (Å²) in [6.07, 6.45) is -1.18. The van der Waals surface area contributed by atoms with Gasteiger partial charge in [0.2, 0.25) is 0 Å². The number of carbonyl (C=O) groups is 1. The summed E-state index contributed by atoms with van der Waals surface area (Å²) >= 11 is 0. The molecule has 0 rings (SSSR count). The van der Waals surface area contributed by atoms with Crippen LogP contribution in [0, 0.1) is 0 Å². The number of aliphatic hydroxyl groups excluding tert-OH is 2. The van der Waals surface area contributed by atoms with E-state index < -0.39 is 17.6 Å². The van der Waals surface area contributed by atoms with Crippen molar-refractivity contribution in [1.82, 2.24) is 5.32 Å². The molecule has 5 nitrogen and oxygen atoms in total. The Labute approximate surface area is 77.4 Å². The number of amides is 1. The number of rotatable bonds is 5. The zero-order chi connectivity index (χ0) is 10.5. The molecule has 78 valence electrons. The Kier molecular flexibility index (Phi) is 4.90. The maximum atomic E-state index is 11.1. The average Bonchev–Trinajstić information content (AvgIpc) is 2.12. The van der Waals surface area contributed by atoms with Crippen molar-refractivity contribution in [2.24, 2.45) is 0 Å². The van der Waals surface area contributed by atoms with Crippen LogP contribution in [0.15, 0.2) is 0 Å². The number of aliphatic hydroxyl groups is 3. The zero-order valence-corrected chi connectivity index (χ0v) is 7.95. The highest BCUT2D eigenvalue weighted by Gasteiger charge is 2.33.